The number of hydrogen-bond acceptors (Lipinski definition) is 3. The highest BCUT2D eigenvalue weighted by molar-refractivity contribution is 7.15. The first-order valence-corrected chi connectivity index (χ1v) is 9.84. The van der Waals surface area contributed by atoms with Crippen LogP contribution in [0, 0.1) is 13.8 Å². The van der Waals surface area contributed by atoms with E-state index in [0.717, 1.165) is 27.5 Å². The third-order valence-electron chi connectivity index (χ3n) is 4.43. The quantitative estimate of drug-likeness (QED) is 0.495. The molecule has 0 fully saturated rings. The van der Waals surface area contributed by atoms with Gasteiger partial charge in [-0.2, -0.15) is 0 Å². The molecule has 2 aromatic carbocycles. The second kappa shape index (κ2) is 7.18. The van der Waals surface area contributed by atoms with Gasteiger partial charge in [0.2, 0.25) is 5.91 Å². The van der Waals surface area contributed by atoms with Gasteiger partial charge >= 0.3 is 0 Å². The molecule has 4 nitrogen and oxygen atoms in total. The van der Waals surface area contributed by atoms with Gasteiger partial charge in [-0.15, -0.1) is 11.3 Å². The summed E-state index contributed by atoms with van der Waals surface area (Å²) in [5, 5.41) is 5.52. The maximum atomic E-state index is 12.5. The zero-order valence-corrected chi connectivity index (χ0v) is 16.6. The van der Waals surface area contributed by atoms with Crippen LogP contribution in [0.4, 0.5) is 5.69 Å². The first-order chi connectivity index (χ1) is 13.0. The van der Waals surface area contributed by atoms with Crippen LogP contribution in [-0.4, -0.2) is 15.3 Å². The molecule has 4 rings (SSSR count). The Bertz CT molecular complexity index is 1130. The van der Waals surface area contributed by atoms with Gasteiger partial charge in [-0.3, -0.25) is 9.20 Å². The second-order valence-corrected chi connectivity index (χ2v) is 7.80. The number of anilines is 1. The Labute approximate surface area is 166 Å². The first-order valence-electron chi connectivity index (χ1n) is 8.58. The summed E-state index contributed by atoms with van der Waals surface area (Å²) in [6.07, 6.45) is 2.26. The average Bonchev–Trinajstić information content (AvgIpc) is 3.21. The third-order valence-corrected chi connectivity index (χ3v) is 5.72. The number of amides is 1. The van der Waals surface area contributed by atoms with E-state index in [2.05, 4.69) is 41.5 Å². The molecule has 1 amide bonds. The SMILES string of the molecule is Cc1ccc(-c2cn3c(CC(=O)Nc4ccc(C)c(Cl)c4)csc3n2)cc1. The Balaban J connectivity index is 1.54. The van der Waals surface area contributed by atoms with E-state index >= 15 is 0 Å². The highest BCUT2D eigenvalue weighted by atomic mass is 35.5. The number of nitrogens with one attached hydrogen (secondary N) is 1. The third kappa shape index (κ3) is 3.75. The molecule has 0 aliphatic carbocycles. The fourth-order valence-corrected chi connectivity index (χ4v) is 3.91. The predicted octanol–water partition coefficient (Wildman–Crippen LogP) is 5.51. The number of carbonyl (C=O) groups excluding carboxylic acids is 1. The van der Waals surface area contributed by atoms with Crippen LogP contribution >= 0.6 is 22.9 Å². The molecule has 1 N–H and O–H groups in total. The molecule has 4 aromatic rings. The van der Waals surface area contributed by atoms with Crippen LogP contribution < -0.4 is 5.32 Å². The van der Waals surface area contributed by atoms with Crippen LogP contribution in [0.3, 0.4) is 0 Å². The molecular weight excluding hydrogens is 378 g/mol. The second-order valence-electron chi connectivity index (χ2n) is 6.56. The lowest BCUT2D eigenvalue weighted by Crippen LogP contribution is -2.15. The van der Waals surface area contributed by atoms with E-state index in [1.807, 2.05) is 35.0 Å². The van der Waals surface area contributed by atoms with Gasteiger partial charge in [-0.05, 0) is 31.5 Å². The van der Waals surface area contributed by atoms with E-state index < -0.39 is 0 Å². The molecule has 0 aliphatic rings. The molecule has 0 atom stereocenters. The molecule has 0 bridgehead atoms. The monoisotopic (exact) mass is 395 g/mol. The van der Waals surface area contributed by atoms with E-state index in [9.17, 15) is 4.79 Å². The van der Waals surface area contributed by atoms with Crippen molar-refractivity contribution in [1.29, 1.82) is 0 Å². The van der Waals surface area contributed by atoms with E-state index in [4.69, 9.17) is 11.6 Å². The standard InChI is InChI=1S/C21H18ClN3OS/c1-13-3-6-15(7-4-13)19-11-25-17(12-27-21(25)24-19)10-20(26)23-16-8-5-14(2)18(22)9-16/h3-9,11-12H,10H2,1-2H3,(H,23,26). The summed E-state index contributed by atoms with van der Waals surface area (Å²) in [5.41, 5.74) is 5.80. The zero-order chi connectivity index (χ0) is 19.0. The van der Waals surface area contributed by atoms with Crippen molar-refractivity contribution in [2.24, 2.45) is 0 Å². The summed E-state index contributed by atoms with van der Waals surface area (Å²) in [4.78, 5) is 18.0. The van der Waals surface area contributed by atoms with Gasteiger partial charge in [0, 0.05) is 33.5 Å². The van der Waals surface area contributed by atoms with E-state index in [1.165, 1.54) is 16.9 Å². The number of halogens is 1. The minimum absolute atomic E-state index is 0.0831. The Kier molecular flexibility index (Phi) is 4.72. The van der Waals surface area contributed by atoms with Crippen LogP contribution in [0.15, 0.2) is 54.0 Å². The molecule has 0 saturated heterocycles. The fraction of sp³-hybridized carbons (Fsp3) is 0.143. The summed E-state index contributed by atoms with van der Waals surface area (Å²) in [5.74, 6) is -0.0831. The lowest BCUT2D eigenvalue weighted by Gasteiger charge is -2.06. The van der Waals surface area contributed by atoms with Crippen LogP contribution in [0.25, 0.3) is 16.2 Å². The highest BCUT2D eigenvalue weighted by Gasteiger charge is 2.13. The molecule has 6 heteroatoms. The van der Waals surface area contributed by atoms with Crippen LogP contribution in [0.1, 0.15) is 16.8 Å². The summed E-state index contributed by atoms with van der Waals surface area (Å²) in [7, 11) is 0. The first kappa shape index (κ1) is 17.8. The number of aromatic nitrogens is 2. The Morgan fingerprint density at radius 3 is 2.70 bits per heavy atom. The van der Waals surface area contributed by atoms with Crippen LogP contribution in [-0.2, 0) is 11.2 Å². The van der Waals surface area contributed by atoms with Gasteiger partial charge in [0.05, 0.1) is 12.1 Å². The van der Waals surface area contributed by atoms with Gasteiger partial charge < -0.3 is 5.32 Å². The van der Waals surface area contributed by atoms with Crippen molar-refractivity contribution < 1.29 is 4.79 Å². The number of nitrogens with zero attached hydrogens (tertiary/aromatic N) is 2. The summed E-state index contributed by atoms with van der Waals surface area (Å²) in [6, 6.07) is 13.8. The Morgan fingerprint density at radius 1 is 1.19 bits per heavy atom. The van der Waals surface area contributed by atoms with Gasteiger partial charge in [0.15, 0.2) is 4.96 Å². The highest BCUT2D eigenvalue weighted by Crippen LogP contribution is 2.25. The molecule has 2 heterocycles. The largest absolute Gasteiger partial charge is 0.326 e. The molecular formula is C21H18ClN3OS. The number of benzene rings is 2. The molecule has 0 saturated carbocycles. The number of fused-ring (bicyclic) bond motifs is 1. The molecule has 0 unspecified atom stereocenters. The maximum absolute atomic E-state index is 12.5. The van der Waals surface area contributed by atoms with Crippen molar-refractivity contribution in [3.63, 3.8) is 0 Å². The van der Waals surface area contributed by atoms with E-state index in [0.29, 0.717) is 10.7 Å². The molecule has 136 valence electrons. The van der Waals surface area contributed by atoms with Crippen molar-refractivity contribution in [3.05, 3.63) is 75.9 Å². The maximum Gasteiger partial charge on any atom is 0.230 e. The van der Waals surface area contributed by atoms with Crippen LogP contribution in [0.2, 0.25) is 5.02 Å². The number of imidazole rings is 1. The van der Waals surface area contributed by atoms with Crippen molar-refractivity contribution >= 4 is 39.5 Å². The predicted molar refractivity (Wildman–Crippen MR) is 112 cm³/mol. The topological polar surface area (TPSA) is 46.4 Å². The summed E-state index contributed by atoms with van der Waals surface area (Å²) in [6.45, 7) is 3.99. The molecule has 0 radical (unpaired) electrons. The number of rotatable bonds is 4. The molecule has 2 aromatic heterocycles. The number of hydrogen-bond donors (Lipinski definition) is 1. The number of aryl methyl sites for hydroxylation is 2. The Morgan fingerprint density at radius 2 is 1.96 bits per heavy atom. The average molecular weight is 396 g/mol. The van der Waals surface area contributed by atoms with Gasteiger partial charge in [0.25, 0.3) is 0 Å². The summed E-state index contributed by atoms with van der Waals surface area (Å²) >= 11 is 7.66. The van der Waals surface area contributed by atoms with Gasteiger partial charge in [0.1, 0.15) is 0 Å². The smallest absolute Gasteiger partial charge is 0.230 e. The zero-order valence-electron chi connectivity index (χ0n) is 15.0. The normalized spacial score (nSPS) is 11.1. The lowest BCUT2D eigenvalue weighted by atomic mass is 10.1. The van der Waals surface area contributed by atoms with Crippen molar-refractivity contribution in [2.45, 2.75) is 20.3 Å². The van der Waals surface area contributed by atoms with Crippen molar-refractivity contribution in [3.8, 4) is 11.3 Å². The van der Waals surface area contributed by atoms with E-state index in [-0.39, 0.29) is 12.3 Å². The fourth-order valence-electron chi connectivity index (χ4n) is 2.86. The minimum atomic E-state index is -0.0831. The van der Waals surface area contributed by atoms with Crippen molar-refractivity contribution in [1.82, 2.24) is 9.38 Å². The molecule has 0 spiro atoms. The summed E-state index contributed by atoms with van der Waals surface area (Å²) < 4.78 is 1.99. The number of thiazole rings is 1. The lowest BCUT2D eigenvalue weighted by molar-refractivity contribution is -0.115. The minimum Gasteiger partial charge on any atom is -0.326 e. The van der Waals surface area contributed by atoms with Crippen molar-refractivity contribution in [2.75, 3.05) is 5.32 Å². The van der Waals surface area contributed by atoms with E-state index in [1.54, 1.807) is 6.07 Å². The van der Waals surface area contributed by atoms with Gasteiger partial charge in [-0.25, -0.2) is 4.98 Å². The Hall–Kier alpha value is -2.63. The number of carbonyl (C=O) groups is 1. The molecule has 27 heavy (non-hydrogen) atoms. The van der Waals surface area contributed by atoms with Gasteiger partial charge in [-0.1, -0.05) is 47.5 Å². The molecule has 0 aliphatic heterocycles. The van der Waals surface area contributed by atoms with Crippen LogP contribution in [0.5, 0.6) is 0 Å².